The molecule has 0 amide bonds. The zero-order valence-corrected chi connectivity index (χ0v) is 7.44. The van der Waals surface area contributed by atoms with Gasteiger partial charge in [0.2, 0.25) is 0 Å². The minimum absolute atomic E-state index is 0.104. The number of aromatic nitrogens is 2. The Bertz CT molecular complexity index is 456. The van der Waals surface area contributed by atoms with Gasteiger partial charge >= 0.3 is 5.97 Å². The molecule has 2 N–H and O–H groups in total. The van der Waals surface area contributed by atoms with Gasteiger partial charge in [-0.3, -0.25) is 0 Å². The molecule has 0 aliphatic heterocycles. The van der Waals surface area contributed by atoms with E-state index in [0.29, 0.717) is 17.1 Å². The summed E-state index contributed by atoms with van der Waals surface area (Å²) in [7, 11) is 0. The van der Waals surface area contributed by atoms with E-state index in [-0.39, 0.29) is 5.56 Å². The van der Waals surface area contributed by atoms with Crippen LogP contribution in [0.3, 0.4) is 0 Å². The predicted molar refractivity (Wildman–Crippen MR) is 48.0 cm³/mol. The van der Waals surface area contributed by atoms with Crippen molar-refractivity contribution in [3.8, 4) is 11.4 Å². The topological polar surface area (TPSA) is 79.1 Å². The molecule has 0 aliphatic rings. The van der Waals surface area contributed by atoms with E-state index in [1.165, 1.54) is 0 Å². The molecule has 0 saturated carbocycles. The number of aromatic carboxylic acids is 1. The van der Waals surface area contributed by atoms with Crippen LogP contribution in [0.4, 0.5) is 0 Å². The summed E-state index contributed by atoms with van der Waals surface area (Å²) in [5.41, 5.74) is 1.08. The highest BCUT2D eigenvalue weighted by molar-refractivity contribution is 5.95. The molecule has 72 valence electrons. The first-order valence-corrected chi connectivity index (χ1v) is 4.03. The fourth-order valence-corrected chi connectivity index (χ4v) is 1.29. The minimum Gasteiger partial charge on any atom is -0.477 e. The Hall–Kier alpha value is -2.04. The molecule has 0 saturated heterocycles. The Balaban J connectivity index is 2.60. The quantitative estimate of drug-likeness (QED) is 0.758. The summed E-state index contributed by atoms with van der Waals surface area (Å²) in [5.74, 6) is -0.726. The maximum atomic E-state index is 10.9. The first-order chi connectivity index (χ1) is 6.70. The highest BCUT2D eigenvalue weighted by atomic mass is 16.5. The Morgan fingerprint density at radius 2 is 2.43 bits per heavy atom. The van der Waals surface area contributed by atoms with Gasteiger partial charge in [0.05, 0.1) is 5.69 Å². The molecule has 5 nitrogen and oxygen atoms in total. The van der Waals surface area contributed by atoms with Crippen LogP contribution in [0.2, 0.25) is 0 Å². The highest BCUT2D eigenvalue weighted by Gasteiger charge is 2.20. The second kappa shape index (κ2) is 3.02. The number of carbonyl (C=O) groups is 1. The summed E-state index contributed by atoms with van der Waals surface area (Å²) in [6.07, 6.45) is 1.70. The largest absolute Gasteiger partial charge is 0.477 e. The summed E-state index contributed by atoms with van der Waals surface area (Å²) in [4.78, 5) is 13.8. The van der Waals surface area contributed by atoms with Crippen LogP contribution < -0.4 is 0 Å². The van der Waals surface area contributed by atoms with Gasteiger partial charge in [0.1, 0.15) is 17.0 Å². The number of hydrogen-bond acceptors (Lipinski definition) is 3. The van der Waals surface area contributed by atoms with E-state index in [2.05, 4.69) is 10.1 Å². The second-order valence-electron chi connectivity index (χ2n) is 2.85. The van der Waals surface area contributed by atoms with Gasteiger partial charge in [-0.25, -0.2) is 4.79 Å². The maximum absolute atomic E-state index is 10.9. The van der Waals surface area contributed by atoms with E-state index in [4.69, 9.17) is 9.63 Å². The fraction of sp³-hybridized carbons (Fsp3) is 0.111. The minimum atomic E-state index is -1.03. The van der Waals surface area contributed by atoms with E-state index < -0.39 is 5.97 Å². The molecular weight excluding hydrogens is 184 g/mol. The molecular formula is C9H8N2O3. The number of hydrogen-bond donors (Lipinski definition) is 2. The lowest BCUT2D eigenvalue weighted by Crippen LogP contribution is -1.99. The van der Waals surface area contributed by atoms with Gasteiger partial charge in [0, 0.05) is 6.20 Å². The number of aryl methyl sites for hydroxylation is 1. The van der Waals surface area contributed by atoms with Crippen LogP contribution in [0, 0.1) is 6.92 Å². The molecule has 0 aromatic carbocycles. The zero-order valence-electron chi connectivity index (χ0n) is 7.44. The smallest absolute Gasteiger partial charge is 0.341 e. The number of aromatic amines is 1. The summed E-state index contributed by atoms with van der Waals surface area (Å²) < 4.78 is 4.83. The fourth-order valence-electron chi connectivity index (χ4n) is 1.29. The van der Waals surface area contributed by atoms with Crippen LogP contribution in [0.15, 0.2) is 22.9 Å². The zero-order chi connectivity index (χ0) is 10.1. The number of rotatable bonds is 2. The van der Waals surface area contributed by atoms with Crippen LogP contribution in [-0.4, -0.2) is 21.2 Å². The van der Waals surface area contributed by atoms with Crippen LogP contribution in [0.1, 0.15) is 16.1 Å². The molecule has 0 atom stereocenters. The molecule has 5 heteroatoms. The van der Waals surface area contributed by atoms with Gasteiger partial charge in [0.25, 0.3) is 0 Å². The number of H-pyrrole nitrogens is 1. The third-order valence-electron chi connectivity index (χ3n) is 1.93. The number of carboxylic acid groups (broad SMARTS) is 1. The Labute approximate surface area is 79.3 Å². The molecule has 0 spiro atoms. The van der Waals surface area contributed by atoms with E-state index in [1.54, 1.807) is 25.3 Å². The van der Waals surface area contributed by atoms with Gasteiger partial charge in [-0.15, -0.1) is 0 Å². The van der Waals surface area contributed by atoms with Crippen LogP contribution >= 0.6 is 0 Å². The van der Waals surface area contributed by atoms with Crippen LogP contribution in [0.25, 0.3) is 11.4 Å². The van der Waals surface area contributed by atoms with Crippen molar-refractivity contribution in [3.63, 3.8) is 0 Å². The molecule has 0 unspecified atom stereocenters. The third-order valence-corrected chi connectivity index (χ3v) is 1.93. The van der Waals surface area contributed by atoms with Gasteiger partial charge < -0.3 is 14.6 Å². The lowest BCUT2D eigenvalue weighted by Gasteiger charge is -1.93. The molecule has 2 heterocycles. The lowest BCUT2D eigenvalue weighted by molar-refractivity contribution is 0.0695. The molecule has 0 fully saturated rings. The monoisotopic (exact) mass is 192 g/mol. The van der Waals surface area contributed by atoms with Crippen molar-refractivity contribution in [2.24, 2.45) is 0 Å². The van der Waals surface area contributed by atoms with Crippen molar-refractivity contribution < 1.29 is 14.4 Å². The Morgan fingerprint density at radius 1 is 1.64 bits per heavy atom. The van der Waals surface area contributed by atoms with Crippen LogP contribution in [0.5, 0.6) is 0 Å². The van der Waals surface area contributed by atoms with E-state index >= 15 is 0 Å². The number of carboxylic acids is 1. The summed E-state index contributed by atoms with van der Waals surface area (Å²) >= 11 is 0. The van der Waals surface area contributed by atoms with Crippen molar-refractivity contribution in [2.75, 3.05) is 0 Å². The van der Waals surface area contributed by atoms with E-state index in [0.717, 1.165) is 0 Å². The number of nitrogens with one attached hydrogen (secondary N) is 1. The Morgan fingerprint density at radius 3 is 3.00 bits per heavy atom. The summed E-state index contributed by atoms with van der Waals surface area (Å²) in [6, 6.07) is 3.51. The van der Waals surface area contributed by atoms with Crippen molar-refractivity contribution in [2.45, 2.75) is 6.92 Å². The van der Waals surface area contributed by atoms with Crippen molar-refractivity contribution >= 4 is 5.97 Å². The van der Waals surface area contributed by atoms with Gasteiger partial charge in [0.15, 0.2) is 0 Å². The molecule has 0 bridgehead atoms. The Kier molecular flexibility index (Phi) is 1.85. The molecule has 14 heavy (non-hydrogen) atoms. The molecule has 2 aromatic rings. The molecule has 2 rings (SSSR count). The normalized spacial score (nSPS) is 10.4. The predicted octanol–water partition coefficient (Wildman–Crippen LogP) is 1.68. The first kappa shape index (κ1) is 8.55. The molecule has 0 radical (unpaired) electrons. The number of nitrogens with zero attached hydrogens (tertiary/aromatic N) is 1. The van der Waals surface area contributed by atoms with Crippen molar-refractivity contribution in [1.29, 1.82) is 0 Å². The van der Waals surface area contributed by atoms with E-state index in [1.807, 2.05) is 0 Å². The average molecular weight is 192 g/mol. The van der Waals surface area contributed by atoms with Gasteiger partial charge in [-0.2, -0.15) is 0 Å². The van der Waals surface area contributed by atoms with Crippen molar-refractivity contribution in [3.05, 3.63) is 29.7 Å². The third kappa shape index (κ3) is 1.19. The first-order valence-electron chi connectivity index (χ1n) is 4.03. The van der Waals surface area contributed by atoms with Crippen LogP contribution in [-0.2, 0) is 0 Å². The highest BCUT2D eigenvalue weighted by Crippen LogP contribution is 2.23. The average Bonchev–Trinajstić information content (AvgIpc) is 2.70. The summed E-state index contributed by atoms with van der Waals surface area (Å²) in [5, 5.41) is 12.6. The standard InChI is InChI=1S/C9H8N2O3/c1-5-7(9(12)13)8(11-14-5)6-3-2-4-10-6/h2-4,10H,1H3,(H,12,13). The van der Waals surface area contributed by atoms with Crippen molar-refractivity contribution in [1.82, 2.24) is 10.1 Å². The maximum Gasteiger partial charge on any atom is 0.341 e. The van der Waals surface area contributed by atoms with Gasteiger partial charge in [-0.05, 0) is 19.1 Å². The van der Waals surface area contributed by atoms with Gasteiger partial charge in [-0.1, -0.05) is 5.16 Å². The molecule has 0 aliphatic carbocycles. The molecule has 2 aromatic heterocycles. The summed E-state index contributed by atoms with van der Waals surface area (Å²) in [6.45, 7) is 1.57. The lowest BCUT2D eigenvalue weighted by atomic mass is 10.1. The SMILES string of the molecule is Cc1onc(-c2ccc[nH]2)c1C(=O)O. The second-order valence-corrected chi connectivity index (χ2v) is 2.85. The van der Waals surface area contributed by atoms with E-state index in [9.17, 15) is 4.79 Å².